The summed E-state index contributed by atoms with van der Waals surface area (Å²) >= 11 is 0. The summed E-state index contributed by atoms with van der Waals surface area (Å²) in [6.07, 6.45) is 0.537. The molecule has 2 atom stereocenters. The quantitative estimate of drug-likeness (QED) is 0.799. The molecule has 26 heavy (non-hydrogen) atoms. The van der Waals surface area contributed by atoms with E-state index in [0.29, 0.717) is 45.9 Å². The Balaban J connectivity index is 1.62. The lowest BCUT2D eigenvalue weighted by molar-refractivity contribution is -0.137. The van der Waals surface area contributed by atoms with Gasteiger partial charge >= 0.3 is 0 Å². The second kappa shape index (κ2) is 9.35. The van der Waals surface area contributed by atoms with Crippen LogP contribution in [0.5, 0.6) is 5.75 Å². The van der Waals surface area contributed by atoms with Gasteiger partial charge in [-0.1, -0.05) is 12.1 Å². The first-order valence-corrected chi connectivity index (χ1v) is 9.47. The van der Waals surface area contributed by atoms with Crippen LogP contribution >= 0.6 is 0 Å². The number of ether oxygens (including phenoxy) is 3. The number of morpholine rings is 1. The van der Waals surface area contributed by atoms with Gasteiger partial charge in [-0.05, 0) is 24.6 Å². The third kappa shape index (κ3) is 4.96. The van der Waals surface area contributed by atoms with Gasteiger partial charge in [0.15, 0.2) is 0 Å². The van der Waals surface area contributed by atoms with Crippen LogP contribution in [-0.4, -0.2) is 74.9 Å². The van der Waals surface area contributed by atoms with Crippen molar-refractivity contribution < 1.29 is 19.0 Å². The van der Waals surface area contributed by atoms with E-state index >= 15 is 0 Å². The molecule has 2 aliphatic rings. The molecule has 1 aromatic rings. The number of benzene rings is 1. The maximum atomic E-state index is 12.7. The number of amides is 1. The Kier molecular flexibility index (Phi) is 6.88. The van der Waals surface area contributed by atoms with Crippen LogP contribution in [0.4, 0.5) is 0 Å². The highest BCUT2D eigenvalue weighted by molar-refractivity contribution is 5.76. The molecule has 0 saturated carbocycles. The summed E-state index contributed by atoms with van der Waals surface area (Å²) in [5.41, 5.74) is 1.22. The molecule has 2 aliphatic heterocycles. The van der Waals surface area contributed by atoms with Crippen molar-refractivity contribution in [2.75, 3.05) is 53.2 Å². The molecule has 2 fully saturated rings. The van der Waals surface area contributed by atoms with E-state index in [0.717, 1.165) is 18.8 Å². The average Bonchev–Trinajstić information content (AvgIpc) is 2.85. The van der Waals surface area contributed by atoms with Gasteiger partial charge in [-0.15, -0.1) is 0 Å². The van der Waals surface area contributed by atoms with Crippen molar-refractivity contribution >= 4 is 5.91 Å². The average molecular weight is 362 g/mol. The number of rotatable bonds is 5. The van der Waals surface area contributed by atoms with E-state index in [1.807, 2.05) is 17.0 Å². The monoisotopic (exact) mass is 362 g/mol. The molecule has 0 aromatic heterocycles. The molecular weight excluding hydrogens is 332 g/mol. The van der Waals surface area contributed by atoms with Crippen LogP contribution in [0.3, 0.4) is 0 Å². The number of carbonyl (C=O) groups is 1. The van der Waals surface area contributed by atoms with Gasteiger partial charge in [-0.25, -0.2) is 0 Å². The van der Waals surface area contributed by atoms with E-state index in [-0.39, 0.29) is 17.9 Å². The summed E-state index contributed by atoms with van der Waals surface area (Å²) in [5, 5.41) is 0. The molecule has 0 radical (unpaired) electrons. The standard InChI is InChI=1S/C20H30N2O4/c1-16-18(13-20(23)21-6-9-25-10-7-21)15-26-11-8-22(16)14-17-4-3-5-19(12-17)24-2/h3-5,12,16,18H,6-11,13-15H2,1-2H3/t16-,18+/m1/s1. The Bertz CT molecular complexity index is 589. The number of methoxy groups -OCH3 is 1. The third-order valence-electron chi connectivity index (χ3n) is 5.43. The third-order valence-corrected chi connectivity index (χ3v) is 5.43. The SMILES string of the molecule is COc1cccc(CN2CCOC[C@H](CC(=O)N3CCOCC3)[C@H]2C)c1. The smallest absolute Gasteiger partial charge is 0.223 e. The van der Waals surface area contributed by atoms with E-state index in [1.165, 1.54) is 5.56 Å². The highest BCUT2D eigenvalue weighted by Crippen LogP contribution is 2.23. The molecule has 0 aliphatic carbocycles. The van der Waals surface area contributed by atoms with Crippen molar-refractivity contribution in [1.82, 2.24) is 9.80 Å². The van der Waals surface area contributed by atoms with Crippen molar-refractivity contribution in [2.45, 2.75) is 25.9 Å². The first-order valence-electron chi connectivity index (χ1n) is 9.47. The highest BCUT2D eigenvalue weighted by atomic mass is 16.5. The Labute approximate surface area is 156 Å². The fourth-order valence-electron chi connectivity index (χ4n) is 3.68. The second-order valence-electron chi connectivity index (χ2n) is 7.09. The lowest BCUT2D eigenvalue weighted by atomic mass is 9.96. The van der Waals surface area contributed by atoms with Crippen molar-refractivity contribution in [3.8, 4) is 5.75 Å². The van der Waals surface area contributed by atoms with Crippen molar-refractivity contribution in [3.63, 3.8) is 0 Å². The van der Waals surface area contributed by atoms with E-state index in [2.05, 4.69) is 24.0 Å². The van der Waals surface area contributed by atoms with Crippen LogP contribution in [0.1, 0.15) is 18.9 Å². The molecule has 3 rings (SSSR count). The second-order valence-corrected chi connectivity index (χ2v) is 7.09. The minimum atomic E-state index is 0.207. The molecule has 2 saturated heterocycles. The van der Waals surface area contributed by atoms with E-state index in [1.54, 1.807) is 7.11 Å². The summed E-state index contributed by atoms with van der Waals surface area (Å²) in [6, 6.07) is 8.46. The van der Waals surface area contributed by atoms with Crippen LogP contribution in [0.25, 0.3) is 0 Å². The van der Waals surface area contributed by atoms with Gasteiger partial charge in [-0.2, -0.15) is 0 Å². The predicted octanol–water partition coefficient (Wildman–Crippen LogP) is 1.78. The Morgan fingerprint density at radius 3 is 2.73 bits per heavy atom. The maximum absolute atomic E-state index is 12.7. The number of carbonyl (C=O) groups excluding carboxylic acids is 1. The summed E-state index contributed by atoms with van der Waals surface area (Å²) in [5.74, 6) is 1.30. The summed E-state index contributed by atoms with van der Waals surface area (Å²) in [6.45, 7) is 7.97. The molecule has 144 valence electrons. The van der Waals surface area contributed by atoms with Gasteiger partial charge < -0.3 is 19.1 Å². The molecule has 6 heteroatoms. The minimum Gasteiger partial charge on any atom is -0.497 e. The van der Waals surface area contributed by atoms with Crippen LogP contribution in [0.15, 0.2) is 24.3 Å². The maximum Gasteiger partial charge on any atom is 0.223 e. The van der Waals surface area contributed by atoms with Gasteiger partial charge in [0.2, 0.25) is 5.91 Å². The summed E-state index contributed by atoms with van der Waals surface area (Å²) in [7, 11) is 1.69. The van der Waals surface area contributed by atoms with Crippen LogP contribution in [-0.2, 0) is 20.8 Å². The normalized spacial score (nSPS) is 24.9. The number of hydrogen-bond acceptors (Lipinski definition) is 5. The Morgan fingerprint density at radius 2 is 1.96 bits per heavy atom. The molecule has 1 aromatic carbocycles. The van der Waals surface area contributed by atoms with Crippen LogP contribution in [0.2, 0.25) is 0 Å². The topological polar surface area (TPSA) is 51.2 Å². The van der Waals surface area contributed by atoms with E-state index in [4.69, 9.17) is 14.2 Å². The molecule has 2 heterocycles. The predicted molar refractivity (Wildman–Crippen MR) is 99.2 cm³/mol. The molecule has 0 spiro atoms. The minimum absolute atomic E-state index is 0.207. The summed E-state index contributed by atoms with van der Waals surface area (Å²) in [4.78, 5) is 17.0. The van der Waals surface area contributed by atoms with Crippen LogP contribution in [0, 0.1) is 5.92 Å². The fourth-order valence-corrected chi connectivity index (χ4v) is 3.68. The molecule has 6 nitrogen and oxygen atoms in total. The van der Waals surface area contributed by atoms with Gasteiger partial charge in [0.05, 0.1) is 33.5 Å². The Hall–Kier alpha value is -1.63. The molecule has 0 unspecified atom stereocenters. The molecule has 1 amide bonds. The van der Waals surface area contributed by atoms with Crippen molar-refractivity contribution in [2.24, 2.45) is 5.92 Å². The lowest BCUT2D eigenvalue weighted by Gasteiger charge is -2.33. The zero-order chi connectivity index (χ0) is 18.4. The zero-order valence-corrected chi connectivity index (χ0v) is 15.9. The molecule has 0 bridgehead atoms. The van der Waals surface area contributed by atoms with Gasteiger partial charge in [-0.3, -0.25) is 9.69 Å². The first kappa shape index (κ1) is 19.1. The fraction of sp³-hybridized carbons (Fsp3) is 0.650. The zero-order valence-electron chi connectivity index (χ0n) is 15.9. The largest absolute Gasteiger partial charge is 0.497 e. The first-order chi connectivity index (χ1) is 12.7. The molecular formula is C20H30N2O4. The van der Waals surface area contributed by atoms with Crippen molar-refractivity contribution in [1.29, 1.82) is 0 Å². The number of hydrogen-bond donors (Lipinski definition) is 0. The van der Waals surface area contributed by atoms with Crippen LogP contribution < -0.4 is 4.74 Å². The van der Waals surface area contributed by atoms with Crippen molar-refractivity contribution in [3.05, 3.63) is 29.8 Å². The summed E-state index contributed by atoms with van der Waals surface area (Å²) < 4.78 is 16.5. The van der Waals surface area contributed by atoms with Gasteiger partial charge in [0.25, 0.3) is 0 Å². The highest BCUT2D eigenvalue weighted by Gasteiger charge is 2.30. The number of nitrogens with zero attached hydrogens (tertiary/aromatic N) is 2. The lowest BCUT2D eigenvalue weighted by Crippen LogP contribution is -2.44. The molecule has 0 N–H and O–H groups in total. The van der Waals surface area contributed by atoms with E-state index in [9.17, 15) is 4.79 Å². The van der Waals surface area contributed by atoms with E-state index < -0.39 is 0 Å². The van der Waals surface area contributed by atoms with Gasteiger partial charge in [0, 0.05) is 44.6 Å². The Morgan fingerprint density at radius 1 is 1.19 bits per heavy atom. The van der Waals surface area contributed by atoms with Gasteiger partial charge in [0.1, 0.15) is 5.75 Å².